The lowest BCUT2D eigenvalue weighted by atomic mass is 9.95. The molecule has 0 bridgehead atoms. The van der Waals surface area contributed by atoms with Gasteiger partial charge in [0.25, 0.3) is 5.91 Å². The molecule has 1 heterocycles. The van der Waals surface area contributed by atoms with Crippen LogP contribution < -0.4 is 5.32 Å². The number of nitrogens with zero attached hydrogens (tertiary/aromatic N) is 1. The van der Waals surface area contributed by atoms with Crippen LogP contribution in [0.2, 0.25) is 0 Å². The largest absolute Gasteiger partial charge is 0.350 e. The van der Waals surface area contributed by atoms with E-state index in [1.54, 1.807) is 0 Å². The molecular formula is C21H26F2N2O2. The highest BCUT2D eigenvalue weighted by Crippen LogP contribution is 2.19. The molecule has 0 radical (unpaired) electrons. The van der Waals surface area contributed by atoms with Crippen LogP contribution in [0.3, 0.4) is 0 Å². The Morgan fingerprint density at radius 3 is 2.48 bits per heavy atom. The second-order valence-electron chi connectivity index (χ2n) is 7.81. The first-order valence-corrected chi connectivity index (χ1v) is 9.25. The van der Waals surface area contributed by atoms with Crippen molar-refractivity contribution in [3.05, 3.63) is 35.4 Å². The Kier molecular flexibility index (Phi) is 6.95. The molecule has 0 aliphatic carbocycles. The zero-order chi connectivity index (χ0) is 20.1. The summed E-state index contributed by atoms with van der Waals surface area (Å²) >= 11 is 0. The van der Waals surface area contributed by atoms with E-state index in [4.69, 9.17) is 0 Å². The van der Waals surface area contributed by atoms with Crippen molar-refractivity contribution < 1.29 is 18.4 Å². The molecular weight excluding hydrogens is 350 g/mol. The van der Waals surface area contributed by atoms with Crippen LogP contribution in [0, 0.1) is 35.3 Å². The fourth-order valence-corrected chi connectivity index (χ4v) is 3.24. The molecule has 0 saturated carbocycles. The van der Waals surface area contributed by atoms with E-state index >= 15 is 0 Å². The second-order valence-corrected chi connectivity index (χ2v) is 7.81. The van der Waals surface area contributed by atoms with Gasteiger partial charge in [-0.05, 0) is 36.8 Å². The lowest BCUT2D eigenvalue weighted by Gasteiger charge is -2.39. The predicted octanol–water partition coefficient (Wildman–Crippen LogP) is 3.10. The van der Waals surface area contributed by atoms with E-state index in [0.29, 0.717) is 18.9 Å². The number of nitrogens with one attached hydrogen (secondary N) is 1. The molecule has 1 N–H and O–H groups in total. The highest BCUT2D eigenvalue weighted by molar-refractivity contribution is 5.98. The first kappa shape index (κ1) is 20.9. The van der Waals surface area contributed by atoms with Crippen LogP contribution in [0.5, 0.6) is 0 Å². The molecule has 6 heteroatoms. The van der Waals surface area contributed by atoms with Crippen molar-refractivity contribution in [1.82, 2.24) is 10.2 Å². The van der Waals surface area contributed by atoms with Crippen molar-refractivity contribution in [3.8, 4) is 11.8 Å². The minimum absolute atomic E-state index is 0.0506. The first-order valence-electron chi connectivity index (χ1n) is 9.25. The summed E-state index contributed by atoms with van der Waals surface area (Å²) < 4.78 is 26.7. The number of hydrogen-bond donors (Lipinski definition) is 1. The van der Waals surface area contributed by atoms with E-state index in [1.807, 2.05) is 13.8 Å². The van der Waals surface area contributed by atoms with Gasteiger partial charge in [-0.2, -0.15) is 0 Å². The highest BCUT2D eigenvalue weighted by atomic mass is 19.1. The van der Waals surface area contributed by atoms with Crippen LogP contribution in [0.1, 0.15) is 46.1 Å². The average Bonchev–Trinajstić information content (AvgIpc) is 2.55. The molecule has 146 valence electrons. The first-order chi connectivity index (χ1) is 12.7. The molecule has 1 aromatic rings. The van der Waals surface area contributed by atoms with E-state index in [1.165, 1.54) is 11.0 Å². The number of hydrogen-bond acceptors (Lipinski definition) is 2. The number of amides is 2. The van der Waals surface area contributed by atoms with Crippen LogP contribution in [0.15, 0.2) is 18.2 Å². The zero-order valence-electron chi connectivity index (χ0n) is 16.2. The number of rotatable bonds is 4. The van der Waals surface area contributed by atoms with Gasteiger partial charge in [0.05, 0.1) is 5.56 Å². The van der Waals surface area contributed by atoms with Gasteiger partial charge in [0.2, 0.25) is 5.91 Å². The maximum absolute atomic E-state index is 13.7. The monoisotopic (exact) mass is 376 g/mol. The summed E-state index contributed by atoms with van der Waals surface area (Å²) in [5.74, 6) is 3.26. The Morgan fingerprint density at radius 1 is 1.22 bits per heavy atom. The predicted molar refractivity (Wildman–Crippen MR) is 99.6 cm³/mol. The Balaban J connectivity index is 2.24. The van der Waals surface area contributed by atoms with E-state index in [2.05, 4.69) is 31.0 Å². The average molecular weight is 376 g/mol. The van der Waals surface area contributed by atoms with Gasteiger partial charge in [0.15, 0.2) is 0 Å². The summed E-state index contributed by atoms with van der Waals surface area (Å²) in [6, 6.07) is 2.29. The molecule has 2 atom stereocenters. The maximum atomic E-state index is 13.7. The van der Waals surface area contributed by atoms with Gasteiger partial charge < -0.3 is 10.2 Å². The standard InChI is InChI=1S/C21H26F2N2O2/c1-13(2)9-17-12-25(19(10-14(3)4)21(27)24-17)20(26)8-6-15-5-7-16(22)11-18(15)23/h5,7,11,13-14,17,19H,9-10,12H2,1-4H3,(H,24,27)/t17-,19-/m0/s1. The molecule has 1 aliphatic rings. The summed E-state index contributed by atoms with van der Waals surface area (Å²) in [6.45, 7) is 8.44. The van der Waals surface area contributed by atoms with Crippen molar-refractivity contribution in [1.29, 1.82) is 0 Å². The molecule has 4 nitrogen and oxygen atoms in total. The minimum atomic E-state index is -0.817. The Hall–Kier alpha value is -2.42. The number of benzene rings is 1. The van der Waals surface area contributed by atoms with Crippen LogP contribution in [0.25, 0.3) is 0 Å². The van der Waals surface area contributed by atoms with Gasteiger partial charge in [0, 0.05) is 24.6 Å². The highest BCUT2D eigenvalue weighted by Gasteiger charge is 2.37. The quantitative estimate of drug-likeness (QED) is 0.821. The summed E-state index contributed by atoms with van der Waals surface area (Å²) in [7, 11) is 0. The molecule has 2 rings (SSSR count). The summed E-state index contributed by atoms with van der Waals surface area (Å²) in [4.78, 5) is 26.7. The normalized spacial score (nSPS) is 19.7. The summed E-state index contributed by atoms with van der Waals surface area (Å²) in [5.41, 5.74) is -0.0506. The second kappa shape index (κ2) is 8.98. The molecule has 0 spiro atoms. The fourth-order valence-electron chi connectivity index (χ4n) is 3.24. The lowest BCUT2D eigenvalue weighted by molar-refractivity contribution is -0.142. The third kappa shape index (κ3) is 5.78. The Morgan fingerprint density at radius 2 is 1.89 bits per heavy atom. The fraction of sp³-hybridized carbons (Fsp3) is 0.524. The van der Waals surface area contributed by atoms with Crippen LogP contribution in [-0.2, 0) is 9.59 Å². The van der Waals surface area contributed by atoms with Crippen molar-refractivity contribution in [2.24, 2.45) is 11.8 Å². The molecule has 0 aromatic heterocycles. The van der Waals surface area contributed by atoms with Gasteiger partial charge in [-0.15, -0.1) is 0 Å². The number of carbonyl (C=O) groups is 2. The number of halogens is 2. The third-order valence-electron chi connectivity index (χ3n) is 4.39. The van der Waals surface area contributed by atoms with Crippen LogP contribution in [0.4, 0.5) is 8.78 Å². The van der Waals surface area contributed by atoms with Gasteiger partial charge >= 0.3 is 0 Å². The van der Waals surface area contributed by atoms with Crippen LogP contribution >= 0.6 is 0 Å². The van der Waals surface area contributed by atoms with Gasteiger partial charge in [-0.25, -0.2) is 8.78 Å². The molecule has 0 unspecified atom stereocenters. The molecule has 1 aliphatic heterocycles. The number of piperazine rings is 1. The van der Waals surface area contributed by atoms with Crippen molar-refractivity contribution in [3.63, 3.8) is 0 Å². The van der Waals surface area contributed by atoms with Crippen molar-refractivity contribution in [2.45, 2.75) is 52.6 Å². The van der Waals surface area contributed by atoms with E-state index in [9.17, 15) is 18.4 Å². The third-order valence-corrected chi connectivity index (χ3v) is 4.39. The molecule has 1 fully saturated rings. The maximum Gasteiger partial charge on any atom is 0.299 e. The summed E-state index contributed by atoms with van der Waals surface area (Å²) in [5, 5.41) is 2.99. The van der Waals surface area contributed by atoms with E-state index in [-0.39, 0.29) is 23.4 Å². The minimum Gasteiger partial charge on any atom is -0.350 e. The molecule has 27 heavy (non-hydrogen) atoms. The van der Waals surface area contributed by atoms with E-state index in [0.717, 1.165) is 18.6 Å². The smallest absolute Gasteiger partial charge is 0.299 e. The van der Waals surface area contributed by atoms with Crippen molar-refractivity contribution in [2.75, 3.05) is 6.54 Å². The van der Waals surface area contributed by atoms with Gasteiger partial charge in [0.1, 0.15) is 17.7 Å². The summed E-state index contributed by atoms with van der Waals surface area (Å²) in [6.07, 6.45) is 1.28. The number of carbonyl (C=O) groups excluding carboxylic acids is 2. The van der Waals surface area contributed by atoms with Crippen LogP contribution in [-0.4, -0.2) is 35.3 Å². The van der Waals surface area contributed by atoms with Crippen molar-refractivity contribution >= 4 is 11.8 Å². The topological polar surface area (TPSA) is 49.4 Å². The molecule has 2 amide bonds. The molecule has 1 aromatic carbocycles. The molecule has 1 saturated heterocycles. The Labute approximate surface area is 159 Å². The lowest BCUT2D eigenvalue weighted by Crippen LogP contribution is -2.61. The SMILES string of the molecule is CC(C)C[C@H]1CN(C(=O)C#Cc2ccc(F)cc2F)[C@@H](CC(C)C)C(=O)N1. The van der Waals surface area contributed by atoms with E-state index < -0.39 is 23.6 Å². The zero-order valence-corrected chi connectivity index (χ0v) is 16.2. The Bertz CT molecular complexity index is 765. The van der Waals surface area contributed by atoms with Gasteiger partial charge in [-0.1, -0.05) is 33.6 Å². The van der Waals surface area contributed by atoms with Gasteiger partial charge in [-0.3, -0.25) is 9.59 Å².